The van der Waals surface area contributed by atoms with Crippen molar-refractivity contribution in [3.8, 4) is 0 Å². The first-order chi connectivity index (χ1) is 8.96. The molecule has 0 aromatic carbocycles. The van der Waals surface area contributed by atoms with Gasteiger partial charge in [-0.3, -0.25) is 0 Å². The molecule has 0 saturated heterocycles. The van der Waals surface area contributed by atoms with E-state index < -0.39 is 0 Å². The van der Waals surface area contributed by atoms with Crippen molar-refractivity contribution in [1.82, 2.24) is 9.97 Å². The maximum absolute atomic E-state index is 10.0. The molecular weight excluding hydrogens is 238 g/mol. The second-order valence-corrected chi connectivity index (χ2v) is 6.65. The molecule has 4 heteroatoms. The standard InChI is InChI=1S/C15H25N3O/c1-15(2,3)8-11(19)9-16-14-12-6-4-5-7-13(12)17-10-18-14/h10-11,19H,4-9H2,1-3H3,(H,16,17,18). The summed E-state index contributed by atoms with van der Waals surface area (Å²) in [4.78, 5) is 8.68. The fourth-order valence-corrected chi connectivity index (χ4v) is 2.67. The SMILES string of the molecule is CC(C)(C)CC(O)CNc1ncnc2c1CCCC2. The first kappa shape index (κ1) is 14.3. The van der Waals surface area contributed by atoms with Crippen LogP contribution >= 0.6 is 0 Å². The van der Waals surface area contributed by atoms with Crippen molar-refractivity contribution in [3.05, 3.63) is 17.6 Å². The lowest BCUT2D eigenvalue weighted by Crippen LogP contribution is -2.26. The molecular formula is C15H25N3O. The van der Waals surface area contributed by atoms with Crippen LogP contribution in [-0.4, -0.2) is 27.7 Å². The smallest absolute Gasteiger partial charge is 0.132 e. The predicted molar refractivity (Wildman–Crippen MR) is 77.2 cm³/mol. The van der Waals surface area contributed by atoms with Crippen LogP contribution in [0.1, 0.15) is 51.3 Å². The number of anilines is 1. The third kappa shape index (κ3) is 4.16. The van der Waals surface area contributed by atoms with Crippen LogP contribution in [0.5, 0.6) is 0 Å². The fraction of sp³-hybridized carbons (Fsp3) is 0.733. The zero-order valence-electron chi connectivity index (χ0n) is 12.2. The van der Waals surface area contributed by atoms with Crippen LogP contribution in [0, 0.1) is 5.41 Å². The second-order valence-electron chi connectivity index (χ2n) is 6.65. The largest absolute Gasteiger partial charge is 0.391 e. The number of nitrogens with zero attached hydrogens (tertiary/aromatic N) is 2. The summed E-state index contributed by atoms with van der Waals surface area (Å²) in [5, 5.41) is 13.3. The van der Waals surface area contributed by atoms with Gasteiger partial charge in [0.1, 0.15) is 12.1 Å². The fourth-order valence-electron chi connectivity index (χ4n) is 2.67. The molecule has 1 aliphatic carbocycles. The van der Waals surface area contributed by atoms with Crippen LogP contribution < -0.4 is 5.32 Å². The molecule has 0 fully saturated rings. The van der Waals surface area contributed by atoms with Crippen molar-refractivity contribution < 1.29 is 5.11 Å². The summed E-state index contributed by atoms with van der Waals surface area (Å²) >= 11 is 0. The summed E-state index contributed by atoms with van der Waals surface area (Å²) in [6, 6.07) is 0. The highest BCUT2D eigenvalue weighted by Crippen LogP contribution is 2.25. The molecule has 0 bridgehead atoms. The molecule has 1 aromatic heterocycles. The molecule has 0 saturated carbocycles. The molecule has 4 nitrogen and oxygen atoms in total. The molecule has 1 aromatic rings. The second kappa shape index (κ2) is 5.87. The Morgan fingerprint density at radius 3 is 2.74 bits per heavy atom. The van der Waals surface area contributed by atoms with E-state index in [9.17, 15) is 5.11 Å². The molecule has 0 spiro atoms. The van der Waals surface area contributed by atoms with E-state index in [1.54, 1.807) is 6.33 Å². The number of aromatic nitrogens is 2. The number of aliphatic hydroxyl groups excluding tert-OH is 1. The Labute approximate surface area is 115 Å². The highest BCUT2D eigenvalue weighted by atomic mass is 16.3. The topological polar surface area (TPSA) is 58.0 Å². The van der Waals surface area contributed by atoms with Crippen molar-refractivity contribution in [2.75, 3.05) is 11.9 Å². The summed E-state index contributed by atoms with van der Waals surface area (Å²) in [5.41, 5.74) is 2.57. The number of hydrogen-bond donors (Lipinski definition) is 2. The van der Waals surface area contributed by atoms with Gasteiger partial charge in [-0.15, -0.1) is 0 Å². The Morgan fingerprint density at radius 1 is 1.26 bits per heavy atom. The number of hydrogen-bond acceptors (Lipinski definition) is 4. The van der Waals surface area contributed by atoms with E-state index in [1.165, 1.54) is 24.1 Å². The molecule has 2 rings (SSSR count). The summed E-state index contributed by atoms with van der Waals surface area (Å²) in [6.07, 6.45) is 6.60. The Bertz CT molecular complexity index is 426. The van der Waals surface area contributed by atoms with Gasteiger partial charge >= 0.3 is 0 Å². The van der Waals surface area contributed by atoms with E-state index in [4.69, 9.17) is 0 Å². The van der Waals surface area contributed by atoms with Gasteiger partial charge in [-0.2, -0.15) is 0 Å². The van der Waals surface area contributed by atoms with Crippen molar-refractivity contribution in [2.45, 2.75) is 59.0 Å². The van der Waals surface area contributed by atoms with Gasteiger partial charge < -0.3 is 10.4 Å². The molecule has 106 valence electrons. The van der Waals surface area contributed by atoms with Gasteiger partial charge in [0.05, 0.1) is 6.10 Å². The Balaban J connectivity index is 1.96. The lowest BCUT2D eigenvalue weighted by Gasteiger charge is -2.23. The lowest BCUT2D eigenvalue weighted by atomic mass is 9.89. The minimum atomic E-state index is -0.339. The van der Waals surface area contributed by atoms with Crippen LogP contribution in [0.2, 0.25) is 0 Å². The van der Waals surface area contributed by atoms with Gasteiger partial charge in [0, 0.05) is 17.8 Å². The molecule has 0 amide bonds. The molecule has 1 aliphatic rings. The van der Waals surface area contributed by atoms with Crippen molar-refractivity contribution >= 4 is 5.82 Å². The molecule has 0 aliphatic heterocycles. The summed E-state index contributed by atoms with van der Waals surface area (Å²) in [7, 11) is 0. The van der Waals surface area contributed by atoms with Gasteiger partial charge in [-0.05, 0) is 37.5 Å². The van der Waals surface area contributed by atoms with Crippen molar-refractivity contribution in [1.29, 1.82) is 0 Å². The minimum Gasteiger partial charge on any atom is -0.391 e. The minimum absolute atomic E-state index is 0.145. The zero-order valence-corrected chi connectivity index (χ0v) is 12.2. The predicted octanol–water partition coefficient (Wildman–Crippen LogP) is 2.56. The van der Waals surface area contributed by atoms with Crippen LogP contribution in [-0.2, 0) is 12.8 Å². The Kier molecular flexibility index (Phi) is 4.40. The summed E-state index contributed by atoms with van der Waals surface area (Å²) in [5.74, 6) is 0.914. The van der Waals surface area contributed by atoms with Crippen LogP contribution in [0.4, 0.5) is 5.82 Å². The third-order valence-corrected chi connectivity index (χ3v) is 3.48. The molecule has 19 heavy (non-hydrogen) atoms. The van der Waals surface area contributed by atoms with Gasteiger partial charge in [-0.25, -0.2) is 9.97 Å². The van der Waals surface area contributed by atoms with Crippen LogP contribution in [0.15, 0.2) is 6.33 Å². The highest BCUT2D eigenvalue weighted by molar-refractivity contribution is 5.47. The number of fused-ring (bicyclic) bond motifs is 1. The van der Waals surface area contributed by atoms with Gasteiger partial charge in [0.2, 0.25) is 0 Å². The average Bonchev–Trinajstić information content (AvgIpc) is 2.34. The molecule has 0 radical (unpaired) electrons. The van der Waals surface area contributed by atoms with E-state index in [0.717, 1.165) is 25.1 Å². The normalized spacial score (nSPS) is 16.8. The van der Waals surface area contributed by atoms with E-state index in [0.29, 0.717) is 6.54 Å². The number of aliphatic hydroxyl groups is 1. The highest BCUT2D eigenvalue weighted by Gasteiger charge is 2.18. The van der Waals surface area contributed by atoms with Gasteiger partial charge in [0.15, 0.2) is 0 Å². The lowest BCUT2D eigenvalue weighted by molar-refractivity contribution is 0.132. The first-order valence-corrected chi connectivity index (χ1v) is 7.20. The molecule has 1 heterocycles. The number of nitrogens with one attached hydrogen (secondary N) is 1. The van der Waals surface area contributed by atoms with E-state index in [1.807, 2.05) is 0 Å². The number of rotatable bonds is 4. The Morgan fingerprint density at radius 2 is 2.00 bits per heavy atom. The monoisotopic (exact) mass is 263 g/mol. The van der Waals surface area contributed by atoms with Crippen LogP contribution in [0.25, 0.3) is 0 Å². The van der Waals surface area contributed by atoms with E-state index in [-0.39, 0.29) is 11.5 Å². The maximum Gasteiger partial charge on any atom is 0.132 e. The van der Waals surface area contributed by atoms with Crippen molar-refractivity contribution in [3.63, 3.8) is 0 Å². The number of aryl methyl sites for hydroxylation is 1. The first-order valence-electron chi connectivity index (χ1n) is 7.20. The third-order valence-electron chi connectivity index (χ3n) is 3.48. The quantitative estimate of drug-likeness (QED) is 0.876. The maximum atomic E-state index is 10.0. The van der Waals surface area contributed by atoms with E-state index >= 15 is 0 Å². The summed E-state index contributed by atoms with van der Waals surface area (Å²) < 4.78 is 0. The van der Waals surface area contributed by atoms with Crippen LogP contribution in [0.3, 0.4) is 0 Å². The zero-order chi connectivity index (χ0) is 13.9. The van der Waals surface area contributed by atoms with Gasteiger partial charge in [-0.1, -0.05) is 20.8 Å². The Hall–Kier alpha value is -1.16. The summed E-state index contributed by atoms with van der Waals surface area (Å²) in [6.45, 7) is 6.98. The molecule has 1 atom stereocenters. The molecule has 1 unspecified atom stereocenters. The molecule has 2 N–H and O–H groups in total. The average molecular weight is 263 g/mol. The van der Waals surface area contributed by atoms with E-state index in [2.05, 4.69) is 36.1 Å². The van der Waals surface area contributed by atoms with Gasteiger partial charge in [0.25, 0.3) is 0 Å². The van der Waals surface area contributed by atoms with Crippen molar-refractivity contribution in [2.24, 2.45) is 5.41 Å².